The van der Waals surface area contributed by atoms with Gasteiger partial charge in [0.1, 0.15) is 0 Å². The lowest BCUT2D eigenvalue weighted by atomic mass is 9.81. The molecule has 5 heteroatoms. The van der Waals surface area contributed by atoms with Gasteiger partial charge in [-0.2, -0.15) is 0 Å². The Morgan fingerprint density at radius 2 is 1.55 bits per heavy atom. The van der Waals surface area contributed by atoms with Crippen molar-refractivity contribution in [2.75, 3.05) is 6.54 Å². The van der Waals surface area contributed by atoms with E-state index in [2.05, 4.69) is 0 Å². The summed E-state index contributed by atoms with van der Waals surface area (Å²) in [5, 5.41) is 8.99. The highest BCUT2D eigenvalue weighted by Gasteiger charge is 2.45. The summed E-state index contributed by atoms with van der Waals surface area (Å²) < 4.78 is 0. The fraction of sp³-hybridized carbons (Fsp3) is 0.800. The number of rotatable bonds is 3. The molecule has 2 bridgehead atoms. The number of carbonyl (C=O) groups excluding carboxylic acids is 2. The van der Waals surface area contributed by atoms with E-state index < -0.39 is 5.97 Å². The Balaban J connectivity index is 1.59. The van der Waals surface area contributed by atoms with Gasteiger partial charge in [-0.3, -0.25) is 19.3 Å². The first-order valence-corrected chi connectivity index (χ1v) is 7.64. The Labute approximate surface area is 118 Å². The molecule has 3 fully saturated rings. The summed E-state index contributed by atoms with van der Waals surface area (Å²) in [5.41, 5.74) is 0. The van der Waals surface area contributed by atoms with Crippen LogP contribution in [0.4, 0.5) is 0 Å². The minimum absolute atomic E-state index is 0.0177. The Kier molecular flexibility index (Phi) is 3.52. The summed E-state index contributed by atoms with van der Waals surface area (Å²) in [4.78, 5) is 36.9. The van der Waals surface area contributed by atoms with Crippen LogP contribution in [-0.2, 0) is 14.4 Å². The quantitative estimate of drug-likeness (QED) is 0.797. The van der Waals surface area contributed by atoms with Crippen molar-refractivity contribution in [3.8, 4) is 0 Å². The molecule has 2 amide bonds. The zero-order valence-corrected chi connectivity index (χ0v) is 11.6. The van der Waals surface area contributed by atoms with Crippen molar-refractivity contribution in [3.05, 3.63) is 0 Å². The number of piperidine rings is 1. The molecule has 5 nitrogen and oxygen atoms in total. The van der Waals surface area contributed by atoms with Gasteiger partial charge in [-0.25, -0.2) is 0 Å². The second kappa shape index (κ2) is 5.19. The number of aliphatic carboxylic acids is 1. The van der Waals surface area contributed by atoms with Crippen molar-refractivity contribution in [1.82, 2.24) is 4.90 Å². The van der Waals surface area contributed by atoms with E-state index in [1.54, 1.807) is 0 Å². The van der Waals surface area contributed by atoms with Crippen molar-refractivity contribution < 1.29 is 19.5 Å². The van der Waals surface area contributed by atoms with Crippen LogP contribution in [0, 0.1) is 23.7 Å². The minimum Gasteiger partial charge on any atom is -0.481 e. The van der Waals surface area contributed by atoms with E-state index in [1.807, 2.05) is 0 Å². The van der Waals surface area contributed by atoms with Gasteiger partial charge in [-0.15, -0.1) is 0 Å². The number of carboxylic acid groups (broad SMARTS) is 1. The molecule has 0 radical (unpaired) electrons. The van der Waals surface area contributed by atoms with E-state index in [0.29, 0.717) is 19.4 Å². The van der Waals surface area contributed by atoms with Gasteiger partial charge >= 0.3 is 5.97 Å². The number of carboxylic acids is 1. The minimum atomic E-state index is -0.716. The monoisotopic (exact) mass is 279 g/mol. The summed E-state index contributed by atoms with van der Waals surface area (Å²) in [6.45, 7) is 0.511. The van der Waals surface area contributed by atoms with E-state index in [-0.39, 0.29) is 35.5 Å². The van der Waals surface area contributed by atoms with E-state index in [0.717, 1.165) is 32.1 Å². The molecular weight excluding hydrogens is 258 g/mol. The molecule has 2 aliphatic carbocycles. The summed E-state index contributed by atoms with van der Waals surface area (Å²) in [7, 11) is 0. The highest BCUT2D eigenvalue weighted by molar-refractivity contribution is 6.00. The summed E-state index contributed by atoms with van der Waals surface area (Å²) in [6, 6.07) is 0. The Morgan fingerprint density at radius 3 is 2.05 bits per heavy atom. The maximum atomic E-state index is 12.3. The third-order valence-corrected chi connectivity index (χ3v) is 5.30. The second-order valence-electron chi connectivity index (χ2n) is 6.55. The number of likely N-dealkylation sites (tertiary alicyclic amines) is 1. The van der Waals surface area contributed by atoms with Crippen molar-refractivity contribution >= 4 is 17.8 Å². The predicted octanol–water partition coefficient (Wildman–Crippen LogP) is 1.66. The lowest BCUT2D eigenvalue weighted by molar-refractivity contribution is -0.154. The second-order valence-corrected chi connectivity index (χ2v) is 6.55. The third-order valence-electron chi connectivity index (χ3n) is 5.30. The zero-order valence-electron chi connectivity index (χ0n) is 11.6. The number of hydrogen-bond acceptors (Lipinski definition) is 3. The topological polar surface area (TPSA) is 74.7 Å². The first-order valence-electron chi connectivity index (χ1n) is 7.64. The van der Waals surface area contributed by atoms with Gasteiger partial charge in [0.05, 0.1) is 5.92 Å². The van der Waals surface area contributed by atoms with Crippen LogP contribution in [0.3, 0.4) is 0 Å². The van der Waals surface area contributed by atoms with E-state index in [9.17, 15) is 14.4 Å². The first kappa shape index (κ1) is 13.6. The number of imide groups is 1. The summed E-state index contributed by atoms with van der Waals surface area (Å²) in [6.07, 6.45) is 5.42. The SMILES string of the molecule is O=C(O)C1CCC(CN2C(=O)C3CCC(C3)C2=O)CC1. The zero-order chi connectivity index (χ0) is 14.3. The van der Waals surface area contributed by atoms with Crippen LogP contribution < -0.4 is 0 Å². The average molecular weight is 279 g/mol. The van der Waals surface area contributed by atoms with Crippen molar-refractivity contribution in [2.45, 2.75) is 44.9 Å². The first-order chi connectivity index (χ1) is 9.56. The van der Waals surface area contributed by atoms with Crippen LogP contribution in [-0.4, -0.2) is 34.3 Å². The Bertz CT molecular complexity index is 417. The molecule has 20 heavy (non-hydrogen) atoms. The molecule has 110 valence electrons. The van der Waals surface area contributed by atoms with Crippen molar-refractivity contribution in [3.63, 3.8) is 0 Å². The van der Waals surface area contributed by atoms with Gasteiger partial charge in [0, 0.05) is 18.4 Å². The number of hydrogen-bond donors (Lipinski definition) is 1. The molecule has 2 unspecified atom stereocenters. The molecule has 3 aliphatic rings. The molecule has 0 aromatic rings. The van der Waals surface area contributed by atoms with Crippen LogP contribution >= 0.6 is 0 Å². The molecule has 0 aromatic heterocycles. The molecule has 1 heterocycles. The van der Waals surface area contributed by atoms with Gasteiger partial charge in [0.25, 0.3) is 0 Å². The standard InChI is InChI=1S/C15H21NO4/c17-13-11-5-6-12(7-11)14(18)16(13)8-9-1-3-10(4-2-9)15(19)20/h9-12H,1-8H2,(H,19,20). The molecule has 0 aromatic carbocycles. The maximum Gasteiger partial charge on any atom is 0.306 e. The van der Waals surface area contributed by atoms with Gasteiger partial charge in [0.15, 0.2) is 0 Å². The maximum absolute atomic E-state index is 12.3. The van der Waals surface area contributed by atoms with E-state index >= 15 is 0 Å². The van der Waals surface area contributed by atoms with Crippen LogP contribution in [0.2, 0.25) is 0 Å². The largest absolute Gasteiger partial charge is 0.481 e. The Hall–Kier alpha value is -1.39. The number of carbonyl (C=O) groups is 3. The predicted molar refractivity (Wildman–Crippen MR) is 70.6 cm³/mol. The summed E-state index contributed by atoms with van der Waals surface area (Å²) in [5.74, 6) is -0.507. The van der Waals surface area contributed by atoms with Gasteiger partial charge in [0.2, 0.25) is 11.8 Å². The lowest BCUT2D eigenvalue weighted by Crippen LogP contribution is -2.48. The molecule has 1 saturated heterocycles. The molecule has 0 spiro atoms. The fourth-order valence-electron chi connectivity index (χ4n) is 4.01. The lowest BCUT2D eigenvalue weighted by Gasteiger charge is -2.34. The van der Waals surface area contributed by atoms with Gasteiger partial charge < -0.3 is 5.11 Å². The molecular formula is C15H21NO4. The number of nitrogens with zero attached hydrogens (tertiary/aromatic N) is 1. The van der Waals surface area contributed by atoms with Gasteiger partial charge in [-0.1, -0.05) is 0 Å². The normalized spacial score (nSPS) is 37.3. The highest BCUT2D eigenvalue weighted by Crippen LogP contribution is 2.39. The molecule has 3 rings (SSSR count). The van der Waals surface area contributed by atoms with Gasteiger partial charge in [-0.05, 0) is 50.9 Å². The highest BCUT2D eigenvalue weighted by atomic mass is 16.4. The Morgan fingerprint density at radius 1 is 1.00 bits per heavy atom. The third kappa shape index (κ3) is 2.34. The summed E-state index contributed by atoms with van der Waals surface area (Å²) >= 11 is 0. The number of amides is 2. The smallest absolute Gasteiger partial charge is 0.306 e. The molecule has 2 atom stereocenters. The van der Waals surface area contributed by atoms with Crippen LogP contribution in [0.5, 0.6) is 0 Å². The average Bonchev–Trinajstić information content (AvgIpc) is 2.89. The van der Waals surface area contributed by atoms with Crippen LogP contribution in [0.15, 0.2) is 0 Å². The van der Waals surface area contributed by atoms with Crippen LogP contribution in [0.25, 0.3) is 0 Å². The van der Waals surface area contributed by atoms with Crippen molar-refractivity contribution in [1.29, 1.82) is 0 Å². The number of fused-ring (bicyclic) bond motifs is 2. The van der Waals surface area contributed by atoms with Crippen molar-refractivity contribution in [2.24, 2.45) is 23.7 Å². The van der Waals surface area contributed by atoms with E-state index in [1.165, 1.54) is 4.90 Å². The van der Waals surface area contributed by atoms with E-state index in [4.69, 9.17) is 5.11 Å². The molecule has 1 N–H and O–H groups in total. The molecule has 1 aliphatic heterocycles. The fourth-order valence-corrected chi connectivity index (χ4v) is 4.01. The van der Waals surface area contributed by atoms with Crippen LogP contribution in [0.1, 0.15) is 44.9 Å². The molecule has 2 saturated carbocycles.